The Morgan fingerprint density at radius 1 is 0.920 bits per heavy atom. The van der Waals surface area contributed by atoms with Crippen LogP contribution in [0.15, 0.2) is 54.6 Å². The van der Waals surface area contributed by atoms with E-state index in [1.165, 1.54) is 12.1 Å². The van der Waals surface area contributed by atoms with Gasteiger partial charge in [-0.1, -0.05) is 30.3 Å². The van der Waals surface area contributed by atoms with Gasteiger partial charge in [-0.15, -0.1) is 0 Å². The van der Waals surface area contributed by atoms with Crippen molar-refractivity contribution < 1.29 is 14.5 Å². The minimum atomic E-state index is -0.549. The molecule has 3 aromatic carbocycles. The van der Waals surface area contributed by atoms with E-state index in [9.17, 15) is 19.7 Å². The molecule has 0 atom stereocenters. The van der Waals surface area contributed by atoms with Crippen molar-refractivity contribution in [2.45, 2.75) is 6.92 Å². The summed E-state index contributed by atoms with van der Waals surface area (Å²) in [5, 5.41) is 12.2. The van der Waals surface area contributed by atoms with Gasteiger partial charge in [0.05, 0.1) is 16.2 Å². The molecule has 0 bridgehead atoms. The van der Waals surface area contributed by atoms with E-state index in [4.69, 9.17) is 0 Å². The summed E-state index contributed by atoms with van der Waals surface area (Å²) in [5.41, 5.74) is 1.61. The van der Waals surface area contributed by atoms with Crippen LogP contribution in [0, 0.1) is 17.0 Å². The largest absolute Gasteiger partial charge is 0.270 e. The highest BCUT2D eigenvalue weighted by Crippen LogP contribution is 2.36. The first-order chi connectivity index (χ1) is 12.0. The molecule has 1 aliphatic rings. The van der Waals surface area contributed by atoms with E-state index < -0.39 is 16.7 Å². The van der Waals surface area contributed by atoms with Crippen molar-refractivity contribution in [2.24, 2.45) is 0 Å². The molecule has 122 valence electrons. The highest BCUT2D eigenvalue weighted by atomic mass is 16.6. The molecule has 1 heterocycles. The smallest absolute Gasteiger partial charge is 0.268 e. The van der Waals surface area contributed by atoms with E-state index in [2.05, 4.69) is 0 Å². The van der Waals surface area contributed by atoms with Gasteiger partial charge in [0, 0.05) is 23.1 Å². The molecular formula is C19H12N2O4. The van der Waals surface area contributed by atoms with Gasteiger partial charge in [0.2, 0.25) is 0 Å². The maximum absolute atomic E-state index is 13.0. The Labute approximate surface area is 142 Å². The molecule has 6 nitrogen and oxygen atoms in total. The summed E-state index contributed by atoms with van der Waals surface area (Å²) in [5.74, 6) is -0.974. The number of imide groups is 1. The number of anilines is 1. The Bertz CT molecular complexity index is 1090. The van der Waals surface area contributed by atoms with E-state index in [1.54, 1.807) is 43.3 Å². The van der Waals surface area contributed by atoms with Crippen LogP contribution in [-0.2, 0) is 0 Å². The molecule has 1 aliphatic heterocycles. The third-order valence-electron chi connectivity index (χ3n) is 4.40. The van der Waals surface area contributed by atoms with Crippen LogP contribution in [0.5, 0.6) is 0 Å². The van der Waals surface area contributed by atoms with Crippen molar-refractivity contribution in [3.8, 4) is 0 Å². The third-order valence-corrected chi connectivity index (χ3v) is 4.40. The Hall–Kier alpha value is -3.54. The number of hydrogen-bond acceptors (Lipinski definition) is 4. The fourth-order valence-electron chi connectivity index (χ4n) is 3.23. The van der Waals surface area contributed by atoms with Gasteiger partial charge in [-0.3, -0.25) is 19.7 Å². The second-order valence-corrected chi connectivity index (χ2v) is 5.89. The summed E-state index contributed by atoms with van der Waals surface area (Å²) in [6.45, 7) is 1.80. The van der Waals surface area contributed by atoms with Crippen LogP contribution in [-0.4, -0.2) is 16.7 Å². The van der Waals surface area contributed by atoms with Crippen LogP contribution in [0.4, 0.5) is 11.4 Å². The van der Waals surface area contributed by atoms with Crippen LogP contribution >= 0.6 is 0 Å². The fourth-order valence-corrected chi connectivity index (χ4v) is 3.23. The third kappa shape index (κ3) is 2.11. The van der Waals surface area contributed by atoms with Gasteiger partial charge < -0.3 is 0 Å². The maximum atomic E-state index is 13.0. The molecule has 0 unspecified atom stereocenters. The summed E-state index contributed by atoms with van der Waals surface area (Å²) in [4.78, 5) is 37.7. The van der Waals surface area contributed by atoms with Gasteiger partial charge in [-0.25, -0.2) is 4.90 Å². The first kappa shape index (κ1) is 15.0. The zero-order valence-corrected chi connectivity index (χ0v) is 13.2. The Morgan fingerprint density at radius 3 is 2.36 bits per heavy atom. The van der Waals surface area contributed by atoms with Crippen molar-refractivity contribution >= 4 is 34.0 Å². The van der Waals surface area contributed by atoms with Gasteiger partial charge in [0.25, 0.3) is 17.5 Å². The number of nitro groups is 1. The molecular weight excluding hydrogens is 320 g/mol. The molecule has 0 radical (unpaired) electrons. The summed E-state index contributed by atoms with van der Waals surface area (Å²) in [6.07, 6.45) is 0. The summed E-state index contributed by atoms with van der Waals surface area (Å²) >= 11 is 0. The van der Waals surface area contributed by atoms with Crippen molar-refractivity contribution in [1.82, 2.24) is 0 Å². The SMILES string of the molecule is Cc1ccccc1N1C(=O)c2cccc3cc([N+](=O)[O-])cc(c23)C1=O. The molecule has 0 spiro atoms. The molecule has 6 heteroatoms. The maximum Gasteiger partial charge on any atom is 0.270 e. The summed E-state index contributed by atoms with van der Waals surface area (Å²) < 4.78 is 0. The average molecular weight is 332 g/mol. The molecule has 0 saturated heterocycles. The van der Waals surface area contributed by atoms with Gasteiger partial charge in [0.1, 0.15) is 0 Å². The number of carbonyl (C=O) groups is 2. The number of rotatable bonds is 2. The van der Waals surface area contributed by atoms with Crippen LogP contribution in [0.3, 0.4) is 0 Å². The van der Waals surface area contributed by atoms with E-state index in [0.717, 1.165) is 10.5 Å². The average Bonchev–Trinajstić information content (AvgIpc) is 2.60. The van der Waals surface area contributed by atoms with E-state index in [1.807, 2.05) is 6.07 Å². The lowest BCUT2D eigenvalue weighted by molar-refractivity contribution is -0.384. The number of benzene rings is 3. The molecule has 25 heavy (non-hydrogen) atoms. The molecule has 3 aromatic rings. The normalized spacial score (nSPS) is 13.4. The standard InChI is InChI=1S/C19H12N2O4/c1-11-5-2-3-8-16(11)20-18(22)14-7-4-6-12-9-13(21(24)25)10-15(17(12)14)19(20)23/h2-10H,1H3. The topological polar surface area (TPSA) is 80.5 Å². The Morgan fingerprint density at radius 2 is 1.64 bits per heavy atom. The van der Waals surface area contributed by atoms with Gasteiger partial charge >= 0.3 is 0 Å². The summed E-state index contributed by atoms with van der Waals surface area (Å²) in [7, 11) is 0. The quantitative estimate of drug-likeness (QED) is 0.405. The monoisotopic (exact) mass is 332 g/mol. The molecule has 4 rings (SSSR count). The first-order valence-electron chi connectivity index (χ1n) is 7.64. The van der Waals surface area contributed by atoms with Gasteiger partial charge in [0.15, 0.2) is 0 Å². The minimum absolute atomic E-state index is 0.169. The zero-order valence-electron chi connectivity index (χ0n) is 13.2. The number of carbonyl (C=O) groups excluding carboxylic acids is 2. The minimum Gasteiger partial charge on any atom is -0.268 e. The Kier molecular flexibility index (Phi) is 3.15. The van der Waals surface area contributed by atoms with E-state index >= 15 is 0 Å². The number of para-hydroxylation sites is 1. The van der Waals surface area contributed by atoms with Crippen LogP contribution in [0.25, 0.3) is 10.8 Å². The van der Waals surface area contributed by atoms with Crippen molar-refractivity contribution in [3.05, 3.63) is 81.4 Å². The van der Waals surface area contributed by atoms with Crippen molar-refractivity contribution in [3.63, 3.8) is 0 Å². The molecule has 0 aromatic heterocycles. The Balaban J connectivity index is 2.04. The molecule has 0 N–H and O–H groups in total. The number of non-ortho nitro benzene ring substituents is 1. The lowest BCUT2D eigenvalue weighted by Gasteiger charge is -2.28. The van der Waals surface area contributed by atoms with Crippen LogP contribution in [0.2, 0.25) is 0 Å². The van der Waals surface area contributed by atoms with Crippen LogP contribution in [0.1, 0.15) is 26.3 Å². The van der Waals surface area contributed by atoms with E-state index in [0.29, 0.717) is 22.0 Å². The number of amides is 2. The molecule has 0 fully saturated rings. The first-order valence-corrected chi connectivity index (χ1v) is 7.64. The van der Waals surface area contributed by atoms with Crippen molar-refractivity contribution in [2.75, 3.05) is 4.90 Å². The second-order valence-electron chi connectivity index (χ2n) is 5.89. The van der Waals surface area contributed by atoms with Gasteiger partial charge in [-0.2, -0.15) is 0 Å². The highest BCUT2D eigenvalue weighted by molar-refractivity contribution is 6.36. The second kappa shape index (κ2) is 5.24. The lowest BCUT2D eigenvalue weighted by Crippen LogP contribution is -2.40. The number of hydrogen-bond donors (Lipinski definition) is 0. The molecule has 2 amide bonds. The molecule has 0 saturated carbocycles. The van der Waals surface area contributed by atoms with Crippen molar-refractivity contribution in [1.29, 1.82) is 0 Å². The number of nitrogens with zero attached hydrogens (tertiary/aromatic N) is 2. The van der Waals surface area contributed by atoms with Crippen LogP contribution < -0.4 is 4.90 Å². The fraction of sp³-hybridized carbons (Fsp3) is 0.0526. The number of nitro benzene ring substituents is 1. The lowest BCUT2D eigenvalue weighted by atomic mass is 9.92. The van der Waals surface area contributed by atoms with E-state index in [-0.39, 0.29) is 11.3 Å². The highest BCUT2D eigenvalue weighted by Gasteiger charge is 2.35. The van der Waals surface area contributed by atoms with Gasteiger partial charge in [-0.05, 0) is 30.0 Å². The predicted molar refractivity (Wildman–Crippen MR) is 92.9 cm³/mol. The molecule has 0 aliphatic carbocycles. The number of aryl methyl sites for hydroxylation is 1. The predicted octanol–water partition coefficient (Wildman–Crippen LogP) is 3.86. The zero-order chi connectivity index (χ0) is 17.7. The summed E-state index contributed by atoms with van der Waals surface area (Å²) in [6, 6.07) is 14.6.